The number of carbonyl (C=O) groups is 2. The summed E-state index contributed by atoms with van der Waals surface area (Å²) in [6.45, 7) is 26.4. The van der Waals surface area contributed by atoms with E-state index in [-0.39, 0.29) is 28.2 Å². The first-order chi connectivity index (χ1) is 19.3. The fourth-order valence-corrected chi connectivity index (χ4v) is 12.1. The molecule has 2 amide bonds. The molecule has 236 valence electrons. The zero-order chi connectivity index (χ0) is 32.2. The molecule has 1 unspecified atom stereocenters. The molecule has 2 N–H and O–H groups in total. The summed E-state index contributed by atoms with van der Waals surface area (Å²) in [6.07, 6.45) is 5.18. The number of methoxy groups -OCH3 is 1. The predicted octanol–water partition coefficient (Wildman–Crippen LogP) is 9.04. The lowest BCUT2D eigenvalue weighted by atomic mass is 10.1. The van der Waals surface area contributed by atoms with Gasteiger partial charge in [-0.05, 0) is 59.7 Å². The van der Waals surface area contributed by atoms with Crippen LogP contribution in [-0.2, 0) is 4.43 Å². The third-order valence-corrected chi connectivity index (χ3v) is 19.5. The first-order valence-corrected chi connectivity index (χ1v) is 20.1. The maximum absolute atomic E-state index is 14.2. The van der Waals surface area contributed by atoms with Crippen LogP contribution in [0.25, 0.3) is 0 Å². The minimum Gasteiger partial charge on any atom is -0.540 e. The van der Waals surface area contributed by atoms with E-state index in [2.05, 4.69) is 80.7 Å². The topological polar surface area (TPSA) is 97.3 Å². The van der Waals surface area contributed by atoms with Crippen molar-refractivity contribution in [3.05, 3.63) is 41.6 Å². The van der Waals surface area contributed by atoms with E-state index in [0.29, 0.717) is 41.2 Å². The Kier molecular flexibility index (Phi) is 11.7. The van der Waals surface area contributed by atoms with Crippen molar-refractivity contribution < 1.29 is 28.3 Å². The Hall–Kier alpha value is -2.57. The average molecular weight is 619 g/mol. The fourth-order valence-electron chi connectivity index (χ4n) is 5.79. The number of ether oxygens (including phenoxy) is 1. The number of anilines is 1. The molecule has 8 nitrogen and oxygen atoms in total. The van der Waals surface area contributed by atoms with Crippen LogP contribution in [0.15, 0.2) is 36.1 Å². The van der Waals surface area contributed by atoms with Gasteiger partial charge in [0.05, 0.1) is 31.0 Å². The van der Waals surface area contributed by atoms with E-state index in [9.17, 15) is 14.7 Å². The SMILES string of the molecule is C/C=C\C1=CN(C(=O)c2cc(OC)c(O[Si](C(C)C)(C(C)C)C(C)C)cc2NC(=O)O)C(CO[Si](C)(C)C(C)(C)C)C1. The molecule has 1 aromatic carbocycles. The van der Waals surface area contributed by atoms with Crippen molar-refractivity contribution in [2.24, 2.45) is 0 Å². The van der Waals surface area contributed by atoms with Crippen molar-refractivity contribution >= 4 is 34.3 Å². The Labute approximate surface area is 255 Å². The Morgan fingerprint density at radius 3 is 2.10 bits per heavy atom. The molecule has 0 fully saturated rings. The molecule has 1 aliphatic heterocycles. The molecule has 0 saturated heterocycles. The Morgan fingerprint density at radius 1 is 1.07 bits per heavy atom. The van der Waals surface area contributed by atoms with E-state index in [4.69, 9.17) is 13.6 Å². The van der Waals surface area contributed by atoms with Crippen molar-refractivity contribution in [2.75, 3.05) is 19.0 Å². The molecule has 10 heteroatoms. The van der Waals surface area contributed by atoms with Gasteiger partial charge < -0.3 is 23.6 Å². The normalized spacial score (nSPS) is 16.5. The van der Waals surface area contributed by atoms with Gasteiger partial charge >= 0.3 is 6.09 Å². The van der Waals surface area contributed by atoms with Crippen LogP contribution < -0.4 is 14.5 Å². The highest BCUT2D eigenvalue weighted by Crippen LogP contribution is 2.46. The van der Waals surface area contributed by atoms with Crippen molar-refractivity contribution in [3.63, 3.8) is 0 Å². The number of amides is 2. The molecule has 0 aromatic heterocycles. The largest absolute Gasteiger partial charge is 0.540 e. The molecule has 42 heavy (non-hydrogen) atoms. The van der Waals surface area contributed by atoms with Crippen molar-refractivity contribution in [1.29, 1.82) is 0 Å². The molecule has 0 radical (unpaired) electrons. The maximum Gasteiger partial charge on any atom is 0.409 e. The zero-order valence-corrected chi connectivity index (χ0v) is 30.0. The molecular weight excluding hydrogens is 565 g/mol. The second-order valence-electron chi connectivity index (χ2n) is 13.7. The van der Waals surface area contributed by atoms with E-state index < -0.39 is 22.7 Å². The fraction of sp³-hybridized carbons (Fsp3) is 0.625. The highest BCUT2D eigenvalue weighted by Gasteiger charge is 2.48. The minimum absolute atomic E-state index is 0.0301. The molecule has 1 aliphatic rings. The zero-order valence-electron chi connectivity index (χ0n) is 28.0. The number of hydrogen-bond donors (Lipinski definition) is 2. The van der Waals surface area contributed by atoms with Crippen LogP contribution in [0.5, 0.6) is 11.5 Å². The maximum atomic E-state index is 14.2. The Bertz CT molecular complexity index is 1160. The van der Waals surface area contributed by atoms with Crippen LogP contribution in [0.2, 0.25) is 34.8 Å². The smallest absolute Gasteiger partial charge is 0.409 e. The molecule has 0 bridgehead atoms. The second-order valence-corrected chi connectivity index (χ2v) is 23.9. The van der Waals surface area contributed by atoms with Gasteiger partial charge in [0, 0.05) is 12.3 Å². The second kappa shape index (κ2) is 13.8. The van der Waals surface area contributed by atoms with E-state index in [1.54, 1.807) is 24.1 Å². The van der Waals surface area contributed by atoms with Gasteiger partial charge in [0.1, 0.15) is 5.75 Å². The Morgan fingerprint density at radius 2 is 1.64 bits per heavy atom. The van der Waals surface area contributed by atoms with Crippen LogP contribution in [0.4, 0.5) is 10.5 Å². The Balaban J connectivity index is 2.63. The van der Waals surface area contributed by atoms with Gasteiger partial charge in [0.2, 0.25) is 0 Å². The molecule has 1 atom stereocenters. The summed E-state index contributed by atoms with van der Waals surface area (Å²) in [6, 6.07) is 3.00. The van der Waals surface area contributed by atoms with Crippen LogP contribution in [0.1, 0.15) is 86.0 Å². The number of allylic oxidation sites excluding steroid dienone is 2. The van der Waals surface area contributed by atoms with Gasteiger partial charge in [-0.2, -0.15) is 0 Å². The van der Waals surface area contributed by atoms with Gasteiger partial charge in [0.15, 0.2) is 14.1 Å². The van der Waals surface area contributed by atoms with Crippen LogP contribution >= 0.6 is 0 Å². The molecule has 0 aliphatic carbocycles. The first-order valence-electron chi connectivity index (χ1n) is 15.0. The lowest BCUT2D eigenvalue weighted by molar-refractivity contribution is 0.0738. The van der Waals surface area contributed by atoms with E-state index in [0.717, 1.165) is 5.57 Å². The summed E-state index contributed by atoms with van der Waals surface area (Å²) in [5.74, 6) is 0.524. The number of rotatable bonds is 12. The van der Waals surface area contributed by atoms with Crippen molar-refractivity contribution in [2.45, 2.75) is 116 Å². The van der Waals surface area contributed by atoms with E-state index in [1.807, 2.05) is 25.3 Å². The van der Waals surface area contributed by atoms with Crippen LogP contribution in [0.3, 0.4) is 0 Å². The summed E-state index contributed by atoms with van der Waals surface area (Å²) < 4.78 is 19.2. The predicted molar refractivity (Wildman–Crippen MR) is 177 cm³/mol. The quantitative estimate of drug-likeness (QED) is 0.227. The molecule has 1 aromatic rings. The van der Waals surface area contributed by atoms with Gasteiger partial charge in [-0.15, -0.1) is 0 Å². The third-order valence-electron chi connectivity index (χ3n) is 9.00. The lowest BCUT2D eigenvalue weighted by Gasteiger charge is -2.42. The highest BCUT2D eigenvalue weighted by molar-refractivity contribution is 6.78. The third kappa shape index (κ3) is 7.68. The number of nitrogens with zero attached hydrogens (tertiary/aromatic N) is 1. The highest BCUT2D eigenvalue weighted by atomic mass is 28.4. The number of benzene rings is 1. The monoisotopic (exact) mass is 618 g/mol. The number of hydrogen-bond acceptors (Lipinski definition) is 5. The molecular formula is C32H54N2O6Si2. The standard InChI is InChI=1S/C32H54N2O6Si2/c1-14-15-24-16-25(20-39-41(12,13)32(8,9)10)34(19-24)30(35)26-17-28(38-11)29(18-27(26)33-31(36)37)40-42(21(2)3,22(4)5)23(6)7/h14-15,17-19,21-23,25,33H,16,20H2,1-13H3,(H,36,37)/b15-14-. The average Bonchev–Trinajstić information content (AvgIpc) is 3.27. The van der Waals surface area contributed by atoms with Crippen molar-refractivity contribution in [1.82, 2.24) is 4.90 Å². The summed E-state index contributed by atoms with van der Waals surface area (Å²) in [4.78, 5) is 27.8. The van der Waals surface area contributed by atoms with Gasteiger partial charge in [0.25, 0.3) is 14.2 Å². The minimum atomic E-state index is -2.40. The van der Waals surface area contributed by atoms with Gasteiger partial charge in [-0.1, -0.05) is 74.5 Å². The molecule has 0 spiro atoms. The summed E-state index contributed by atoms with van der Waals surface area (Å²) >= 11 is 0. The van der Waals surface area contributed by atoms with Crippen LogP contribution in [-0.4, -0.2) is 58.4 Å². The number of carbonyl (C=O) groups excluding carboxylic acids is 1. The summed E-state index contributed by atoms with van der Waals surface area (Å²) in [7, 11) is -2.93. The lowest BCUT2D eigenvalue weighted by Crippen LogP contribution is -2.50. The first kappa shape index (κ1) is 35.6. The summed E-state index contributed by atoms with van der Waals surface area (Å²) in [5, 5.41) is 12.2. The molecule has 0 saturated carbocycles. The van der Waals surface area contributed by atoms with E-state index >= 15 is 0 Å². The summed E-state index contributed by atoms with van der Waals surface area (Å²) in [5.41, 5.74) is 2.25. The molecule has 2 rings (SSSR count). The molecule has 1 heterocycles. The van der Waals surface area contributed by atoms with Crippen molar-refractivity contribution in [3.8, 4) is 11.5 Å². The van der Waals surface area contributed by atoms with Gasteiger partial charge in [-0.25, -0.2) is 4.79 Å². The van der Waals surface area contributed by atoms with E-state index in [1.165, 1.54) is 0 Å². The number of carboxylic acid groups (broad SMARTS) is 1. The number of nitrogens with one attached hydrogen (secondary N) is 1. The van der Waals surface area contributed by atoms with Crippen LogP contribution in [0, 0.1) is 0 Å². The van der Waals surface area contributed by atoms with Gasteiger partial charge in [-0.3, -0.25) is 10.1 Å².